The van der Waals surface area contributed by atoms with E-state index in [-0.39, 0.29) is 5.92 Å². The highest BCUT2D eigenvalue weighted by atomic mass is 32.1. The molecule has 2 unspecified atom stereocenters. The van der Waals surface area contributed by atoms with Crippen molar-refractivity contribution in [2.75, 3.05) is 13.7 Å². The van der Waals surface area contributed by atoms with Crippen LogP contribution >= 0.6 is 11.3 Å². The molecule has 0 aliphatic carbocycles. The van der Waals surface area contributed by atoms with Gasteiger partial charge in [0, 0.05) is 18.0 Å². The minimum absolute atomic E-state index is 0.163. The molecule has 2 rings (SSSR count). The Morgan fingerprint density at radius 2 is 2.00 bits per heavy atom. The summed E-state index contributed by atoms with van der Waals surface area (Å²) in [5.41, 5.74) is 8.88. The molecule has 1 aromatic carbocycles. The first-order valence-electron chi connectivity index (χ1n) is 6.22. The average molecular weight is 277 g/mol. The number of hydrogen-bond donors (Lipinski definition) is 2. The summed E-state index contributed by atoms with van der Waals surface area (Å²) >= 11 is 1.60. The zero-order chi connectivity index (χ0) is 13.8. The fraction of sp³-hybridized carbons (Fsp3) is 0.333. The first-order valence-corrected chi connectivity index (χ1v) is 7.17. The van der Waals surface area contributed by atoms with E-state index in [1.54, 1.807) is 18.4 Å². The third-order valence-electron chi connectivity index (χ3n) is 3.39. The summed E-state index contributed by atoms with van der Waals surface area (Å²) in [6.07, 6.45) is -0.604. The van der Waals surface area contributed by atoms with Crippen LogP contribution in [0.3, 0.4) is 0 Å². The van der Waals surface area contributed by atoms with Crippen LogP contribution in [0.25, 0.3) is 0 Å². The third kappa shape index (κ3) is 2.81. The van der Waals surface area contributed by atoms with E-state index in [1.165, 1.54) is 0 Å². The maximum Gasteiger partial charge on any atom is 0.122 e. The molecular weight excluding hydrogens is 258 g/mol. The lowest BCUT2D eigenvalue weighted by Crippen LogP contribution is -2.21. The Hall–Kier alpha value is -1.36. The Morgan fingerprint density at radius 1 is 1.26 bits per heavy atom. The zero-order valence-corrected chi connectivity index (χ0v) is 12.0. The lowest BCUT2D eigenvalue weighted by Gasteiger charge is -2.23. The Bertz CT molecular complexity index is 538. The fourth-order valence-electron chi connectivity index (χ4n) is 2.29. The molecule has 0 fully saturated rings. The highest BCUT2D eigenvalue weighted by Crippen LogP contribution is 2.37. The number of aliphatic hydroxyl groups excluding tert-OH is 1. The molecule has 19 heavy (non-hydrogen) atoms. The molecule has 2 aromatic rings. The summed E-state index contributed by atoms with van der Waals surface area (Å²) in [7, 11) is 1.63. The lowest BCUT2D eigenvalue weighted by molar-refractivity contribution is 0.146. The zero-order valence-electron chi connectivity index (χ0n) is 11.2. The van der Waals surface area contributed by atoms with Crippen LogP contribution < -0.4 is 10.5 Å². The van der Waals surface area contributed by atoms with Gasteiger partial charge < -0.3 is 15.6 Å². The smallest absolute Gasteiger partial charge is 0.122 e. The third-order valence-corrected chi connectivity index (χ3v) is 4.27. The quantitative estimate of drug-likeness (QED) is 0.883. The number of para-hydroxylation sites is 1. The summed E-state index contributed by atoms with van der Waals surface area (Å²) < 4.78 is 5.36. The van der Waals surface area contributed by atoms with Gasteiger partial charge in [0.25, 0.3) is 0 Å². The Morgan fingerprint density at radius 3 is 2.58 bits per heavy atom. The number of aliphatic hydroxyl groups is 1. The van der Waals surface area contributed by atoms with Crippen molar-refractivity contribution >= 4 is 11.3 Å². The summed E-state index contributed by atoms with van der Waals surface area (Å²) in [4.78, 5) is 0. The molecule has 3 N–H and O–H groups in total. The molecule has 0 saturated carbocycles. The highest BCUT2D eigenvalue weighted by Gasteiger charge is 2.25. The van der Waals surface area contributed by atoms with Gasteiger partial charge in [0.15, 0.2) is 0 Å². The molecule has 0 saturated heterocycles. The van der Waals surface area contributed by atoms with Gasteiger partial charge in [-0.3, -0.25) is 0 Å². The van der Waals surface area contributed by atoms with Gasteiger partial charge in [-0.15, -0.1) is 0 Å². The minimum atomic E-state index is -0.604. The van der Waals surface area contributed by atoms with Gasteiger partial charge in [0.1, 0.15) is 5.75 Å². The maximum atomic E-state index is 10.6. The van der Waals surface area contributed by atoms with Crippen molar-refractivity contribution in [1.82, 2.24) is 0 Å². The summed E-state index contributed by atoms with van der Waals surface area (Å²) in [5, 5.41) is 14.6. The van der Waals surface area contributed by atoms with Gasteiger partial charge in [-0.05, 0) is 34.9 Å². The van der Waals surface area contributed by atoms with Crippen LogP contribution in [-0.4, -0.2) is 18.8 Å². The normalized spacial score (nSPS) is 14.1. The number of ether oxygens (including phenoxy) is 1. The highest BCUT2D eigenvalue weighted by molar-refractivity contribution is 7.08. The van der Waals surface area contributed by atoms with Crippen molar-refractivity contribution in [2.45, 2.75) is 18.9 Å². The van der Waals surface area contributed by atoms with Crippen molar-refractivity contribution in [2.24, 2.45) is 5.73 Å². The van der Waals surface area contributed by atoms with Gasteiger partial charge in [0.05, 0.1) is 13.2 Å². The second-order valence-electron chi connectivity index (χ2n) is 4.54. The molecule has 0 aliphatic heterocycles. The van der Waals surface area contributed by atoms with Crippen molar-refractivity contribution in [1.29, 1.82) is 0 Å². The van der Waals surface area contributed by atoms with Crippen LogP contribution in [0.1, 0.15) is 28.7 Å². The summed E-state index contributed by atoms with van der Waals surface area (Å²) in [5.74, 6) is 0.606. The van der Waals surface area contributed by atoms with Crippen LogP contribution in [0.15, 0.2) is 35.0 Å². The first kappa shape index (κ1) is 14.1. The molecule has 1 heterocycles. The number of hydrogen-bond acceptors (Lipinski definition) is 4. The van der Waals surface area contributed by atoms with E-state index in [9.17, 15) is 5.11 Å². The van der Waals surface area contributed by atoms with E-state index < -0.39 is 6.10 Å². The molecule has 0 amide bonds. The van der Waals surface area contributed by atoms with Crippen molar-refractivity contribution in [3.8, 4) is 5.75 Å². The predicted molar refractivity (Wildman–Crippen MR) is 78.8 cm³/mol. The number of methoxy groups -OCH3 is 1. The number of rotatable bonds is 5. The number of nitrogens with two attached hydrogens (primary N) is 1. The molecule has 102 valence electrons. The standard InChI is InChI=1S/C15H19NO2S/c1-10-8-19-9-13(10)15(17)12(7-16)11-5-3-4-6-14(11)18-2/h3-6,8-9,12,15,17H,7,16H2,1-2H3. The SMILES string of the molecule is COc1ccccc1C(CN)C(O)c1cscc1C. The van der Waals surface area contributed by atoms with Gasteiger partial charge in [-0.25, -0.2) is 0 Å². The molecule has 0 radical (unpaired) electrons. The topological polar surface area (TPSA) is 55.5 Å². The Kier molecular flexibility index (Phi) is 4.58. The van der Waals surface area contributed by atoms with Crippen molar-refractivity contribution in [3.05, 3.63) is 51.7 Å². The van der Waals surface area contributed by atoms with Crippen LogP contribution in [0, 0.1) is 6.92 Å². The lowest BCUT2D eigenvalue weighted by atomic mass is 9.88. The van der Waals surface area contributed by atoms with Crippen LogP contribution in [0.4, 0.5) is 0 Å². The summed E-state index contributed by atoms with van der Waals surface area (Å²) in [6, 6.07) is 7.71. The van der Waals surface area contributed by atoms with Crippen molar-refractivity contribution in [3.63, 3.8) is 0 Å². The molecule has 4 heteroatoms. The van der Waals surface area contributed by atoms with Gasteiger partial charge in [0.2, 0.25) is 0 Å². The first-order chi connectivity index (χ1) is 9.19. The van der Waals surface area contributed by atoms with E-state index >= 15 is 0 Å². The van der Waals surface area contributed by atoms with E-state index in [0.717, 1.165) is 22.4 Å². The Balaban J connectivity index is 2.37. The van der Waals surface area contributed by atoms with Crippen molar-refractivity contribution < 1.29 is 9.84 Å². The molecule has 2 atom stereocenters. The maximum absolute atomic E-state index is 10.6. The van der Waals surface area contributed by atoms with E-state index in [1.807, 2.05) is 41.9 Å². The van der Waals surface area contributed by atoms with E-state index in [4.69, 9.17) is 10.5 Å². The van der Waals surface area contributed by atoms with Crippen LogP contribution in [-0.2, 0) is 0 Å². The van der Waals surface area contributed by atoms with Crippen LogP contribution in [0.2, 0.25) is 0 Å². The largest absolute Gasteiger partial charge is 0.496 e. The average Bonchev–Trinajstić information content (AvgIpc) is 2.86. The molecule has 3 nitrogen and oxygen atoms in total. The van der Waals surface area contributed by atoms with Gasteiger partial charge in [-0.2, -0.15) is 11.3 Å². The van der Waals surface area contributed by atoms with Gasteiger partial charge >= 0.3 is 0 Å². The van der Waals surface area contributed by atoms with Crippen LogP contribution in [0.5, 0.6) is 5.75 Å². The molecule has 0 bridgehead atoms. The summed E-state index contributed by atoms with van der Waals surface area (Å²) in [6.45, 7) is 2.38. The van der Waals surface area contributed by atoms with Gasteiger partial charge in [-0.1, -0.05) is 18.2 Å². The number of benzene rings is 1. The fourth-order valence-corrected chi connectivity index (χ4v) is 3.17. The minimum Gasteiger partial charge on any atom is -0.496 e. The van der Waals surface area contributed by atoms with E-state index in [0.29, 0.717) is 6.54 Å². The molecule has 0 aliphatic rings. The monoisotopic (exact) mass is 277 g/mol. The molecule has 0 spiro atoms. The Labute approximate surface area is 117 Å². The number of aryl methyl sites for hydroxylation is 1. The van der Waals surface area contributed by atoms with E-state index in [2.05, 4.69) is 0 Å². The second-order valence-corrected chi connectivity index (χ2v) is 5.28. The molecule has 1 aromatic heterocycles. The second kappa shape index (κ2) is 6.19. The predicted octanol–water partition coefficient (Wildman–Crippen LogP) is 2.84. The number of thiophene rings is 1. The molecular formula is C15H19NO2S.